The topological polar surface area (TPSA) is 63.5 Å². The Hall–Kier alpha value is -2.95. The maximum atomic E-state index is 11.3. The van der Waals surface area contributed by atoms with E-state index >= 15 is 0 Å². The minimum Gasteiger partial charge on any atom is -0.383 e. The number of benzene rings is 2. The molecular formula is C18H18N2O3. The lowest BCUT2D eigenvalue weighted by Gasteiger charge is -2.12. The molecule has 2 aromatic rings. The summed E-state index contributed by atoms with van der Waals surface area (Å²) >= 11 is 0. The third kappa shape index (κ3) is 3.83. The smallest absolute Gasteiger partial charge is 0.277 e. The van der Waals surface area contributed by atoms with E-state index in [0.717, 1.165) is 16.5 Å². The van der Waals surface area contributed by atoms with E-state index in [1.54, 1.807) is 24.3 Å². The Bertz CT molecular complexity index is 820. The minimum atomic E-state index is -0.382. The van der Waals surface area contributed by atoms with Crippen molar-refractivity contribution >= 4 is 27.8 Å². The highest BCUT2D eigenvalue weighted by atomic mass is 16.6. The SMILES string of the molecule is CC(=O)C=CC(=CN(C)C)c1ccc([N+](=O)[O-])c2ccccc12. The van der Waals surface area contributed by atoms with Crippen LogP contribution in [0.4, 0.5) is 5.69 Å². The number of non-ortho nitro benzene ring substituents is 1. The van der Waals surface area contributed by atoms with Crippen molar-refractivity contribution in [1.82, 2.24) is 4.90 Å². The van der Waals surface area contributed by atoms with Crippen LogP contribution < -0.4 is 0 Å². The number of allylic oxidation sites excluding steroid dienone is 3. The Morgan fingerprint density at radius 3 is 2.30 bits per heavy atom. The molecule has 0 aliphatic carbocycles. The fraction of sp³-hybridized carbons (Fsp3) is 0.167. The van der Waals surface area contributed by atoms with Crippen LogP contribution in [0.15, 0.2) is 54.8 Å². The van der Waals surface area contributed by atoms with Crippen molar-refractivity contribution in [3.63, 3.8) is 0 Å². The second kappa shape index (κ2) is 6.87. The van der Waals surface area contributed by atoms with E-state index in [9.17, 15) is 14.9 Å². The van der Waals surface area contributed by atoms with Crippen LogP contribution in [0.2, 0.25) is 0 Å². The Kier molecular flexibility index (Phi) is 4.91. The summed E-state index contributed by atoms with van der Waals surface area (Å²) in [5.74, 6) is -0.0547. The van der Waals surface area contributed by atoms with Crippen LogP contribution in [0.3, 0.4) is 0 Å². The van der Waals surface area contributed by atoms with E-state index in [1.165, 1.54) is 19.1 Å². The van der Waals surface area contributed by atoms with E-state index in [1.807, 2.05) is 37.3 Å². The highest BCUT2D eigenvalue weighted by Gasteiger charge is 2.15. The van der Waals surface area contributed by atoms with Crippen LogP contribution in [-0.2, 0) is 4.79 Å². The third-order valence-electron chi connectivity index (χ3n) is 3.30. The number of carbonyl (C=O) groups excluding carboxylic acids is 1. The average molecular weight is 310 g/mol. The van der Waals surface area contributed by atoms with Crippen molar-refractivity contribution in [2.75, 3.05) is 14.1 Å². The second-order valence-corrected chi connectivity index (χ2v) is 5.43. The van der Waals surface area contributed by atoms with E-state index in [-0.39, 0.29) is 16.4 Å². The molecule has 5 heteroatoms. The van der Waals surface area contributed by atoms with Gasteiger partial charge in [0, 0.05) is 26.4 Å². The van der Waals surface area contributed by atoms with Gasteiger partial charge in [0.05, 0.1) is 10.3 Å². The van der Waals surface area contributed by atoms with Gasteiger partial charge in [-0.1, -0.05) is 18.2 Å². The van der Waals surface area contributed by atoms with Gasteiger partial charge in [-0.15, -0.1) is 0 Å². The van der Waals surface area contributed by atoms with Gasteiger partial charge < -0.3 is 4.90 Å². The van der Waals surface area contributed by atoms with Crippen LogP contribution in [0, 0.1) is 10.1 Å². The summed E-state index contributed by atoms with van der Waals surface area (Å²) in [5, 5.41) is 12.6. The Morgan fingerprint density at radius 2 is 1.74 bits per heavy atom. The highest BCUT2D eigenvalue weighted by molar-refractivity contribution is 6.01. The summed E-state index contributed by atoms with van der Waals surface area (Å²) in [4.78, 5) is 24.0. The maximum absolute atomic E-state index is 11.3. The second-order valence-electron chi connectivity index (χ2n) is 5.43. The number of nitro groups is 1. The lowest BCUT2D eigenvalue weighted by molar-refractivity contribution is -0.383. The number of ketones is 1. The number of nitrogens with zero attached hydrogens (tertiary/aromatic N) is 2. The van der Waals surface area contributed by atoms with Gasteiger partial charge >= 0.3 is 0 Å². The van der Waals surface area contributed by atoms with Crippen LogP contribution >= 0.6 is 0 Å². The molecule has 5 nitrogen and oxygen atoms in total. The molecule has 0 heterocycles. The first-order valence-electron chi connectivity index (χ1n) is 7.13. The molecular weight excluding hydrogens is 292 g/mol. The molecule has 0 N–H and O–H groups in total. The zero-order chi connectivity index (χ0) is 17.0. The van der Waals surface area contributed by atoms with Gasteiger partial charge in [-0.25, -0.2) is 0 Å². The molecule has 118 valence electrons. The third-order valence-corrected chi connectivity index (χ3v) is 3.30. The van der Waals surface area contributed by atoms with Gasteiger partial charge in [-0.2, -0.15) is 0 Å². The molecule has 0 amide bonds. The van der Waals surface area contributed by atoms with Crippen molar-refractivity contribution in [2.24, 2.45) is 0 Å². The molecule has 0 fully saturated rings. The van der Waals surface area contributed by atoms with E-state index < -0.39 is 0 Å². The average Bonchev–Trinajstić information content (AvgIpc) is 2.49. The van der Waals surface area contributed by atoms with Gasteiger partial charge in [0.1, 0.15) is 0 Å². The zero-order valence-corrected chi connectivity index (χ0v) is 13.3. The van der Waals surface area contributed by atoms with Gasteiger partial charge in [0.15, 0.2) is 5.78 Å². The number of hydrogen-bond donors (Lipinski definition) is 0. The van der Waals surface area contributed by atoms with E-state index in [2.05, 4.69) is 0 Å². The fourth-order valence-corrected chi connectivity index (χ4v) is 2.38. The summed E-state index contributed by atoms with van der Waals surface area (Å²) in [6.45, 7) is 1.48. The van der Waals surface area contributed by atoms with Crippen LogP contribution in [0.1, 0.15) is 12.5 Å². The minimum absolute atomic E-state index is 0.0547. The summed E-state index contributed by atoms with van der Waals surface area (Å²) in [6, 6.07) is 10.4. The molecule has 0 unspecified atom stereocenters. The quantitative estimate of drug-likeness (QED) is 0.365. The molecule has 0 aromatic heterocycles. The molecule has 0 atom stereocenters. The van der Waals surface area contributed by atoms with Gasteiger partial charge in [-0.05, 0) is 47.7 Å². The maximum Gasteiger partial charge on any atom is 0.277 e. The van der Waals surface area contributed by atoms with E-state index in [4.69, 9.17) is 0 Å². The Morgan fingerprint density at radius 1 is 1.09 bits per heavy atom. The van der Waals surface area contributed by atoms with Crippen molar-refractivity contribution in [2.45, 2.75) is 6.92 Å². The lowest BCUT2D eigenvalue weighted by atomic mass is 9.97. The van der Waals surface area contributed by atoms with Crippen molar-refractivity contribution in [1.29, 1.82) is 0 Å². The lowest BCUT2D eigenvalue weighted by Crippen LogP contribution is -2.03. The van der Waals surface area contributed by atoms with Crippen LogP contribution in [0.5, 0.6) is 0 Å². The molecule has 0 aliphatic rings. The summed E-state index contributed by atoms with van der Waals surface area (Å²) < 4.78 is 0. The number of hydrogen-bond acceptors (Lipinski definition) is 4. The largest absolute Gasteiger partial charge is 0.383 e. The van der Waals surface area contributed by atoms with Crippen molar-refractivity contribution < 1.29 is 9.72 Å². The summed E-state index contributed by atoms with van der Waals surface area (Å²) in [5.41, 5.74) is 1.73. The standard InChI is InChI=1S/C18H18N2O3/c1-13(21)8-9-14(12-19(2)3)15-10-11-18(20(22)23)17-7-5-4-6-16(15)17/h4-12H,1-3H3. The Balaban J connectivity index is 2.72. The predicted octanol–water partition coefficient (Wildman–Crippen LogP) is 3.80. The number of carbonyl (C=O) groups is 1. The first kappa shape index (κ1) is 16.4. The predicted molar refractivity (Wildman–Crippen MR) is 92.1 cm³/mol. The molecule has 0 aliphatic heterocycles. The number of nitro benzene ring substituents is 1. The number of fused-ring (bicyclic) bond motifs is 1. The number of rotatable bonds is 5. The van der Waals surface area contributed by atoms with Crippen molar-refractivity contribution in [3.05, 3.63) is 70.4 Å². The molecule has 0 saturated carbocycles. The van der Waals surface area contributed by atoms with Crippen LogP contribution in [0.25, 0.3) is 16.3 Å². The monoisotopic (exact) mass is 310 g/mol. The fourth-order valence-electron chi connectivity index (χ4n) is 2.38. The molecule has 2 rings (SSSR count). The Labute approximate surface area is 134 Å². The molecule has 2 aromatic carbocycles. The summed E-state index contributed by atoms with van der Waals surface area (Å²) in [6.07, 6.45) is 5.11. The zero-order valence-electron chi connectivity index (χ0n) is 13.3. The van der Waals surface area contributed by atoms with Crippen molar-refractivity contribution in [3.8, 4) is 0 Å². The van der Waals surface area contributed by atoms with Crippen LogP contribution in [-0.4, -0.2) is 29.7 Å². The first-order chi connectivity index (χ1) is 10.9. The van der Waals surface area contributed by atoms with Gasteiger partial charge in [0.25, 0.3) is 5.69 Å². The normalized spacial score (nSPS) is 11.9. The molecule has 0 radical (unpaired) electrons. The molecule has 0 spiro atoms. The summed E-state index contributed by atoms with van der Waals surface area (Å²) in [7, 11) is 3.77. The molecule has 0 bridgehead atoms. The van der Waals surface area contributed by atoms with Gasteiger partial charge in [-0.3, -0.25) is 14.9 Å². The molecule has 23 heavy (non-hydrogen) atoms. The first-order valence-corrected chi connectivity index (χ1v) is 7.13. The molecule has 0 saturated heterocycles. The highest BCUT2D eigenvalue weighted by Crippen LogP contribution is 2.32. The van der Waals surface area contributed by atoms with E-state index in [0.29, 0.717) is 5.39 Å². The van der Waals surface area contributed by atoms with Gasteiger partial charge in [0.2, 0.25) is 0 Å².